The zero-order chi connectivity index (χ0) is 16.8. The Morgan fingerprint density at radius 2 is 1.88 bits per heavy atom. The lowest BCUT2D eigenvalue weighted by Crippen LogP contribution is -2.43. The normalized spacial score (nSPS) is 30.4. The Labute approximate surface area is 138 Å². The van der Waals surface area contributed by atoms with E-state index in [9.17, 15) is 14.7 Å². The molecule has 1 amide bonds. The van der Waals surface area contributed by atoms with E-state index in [2.05, 4.69) is 5.32 Å². The third kappa shape index (κ3) is 2.32. The molecule has 1 aromatic rings. The van der Waals surface area contributed by atoms with Gasteiger partial charge in [-0.2, -0.15) is 0 Å². The maximum absolute atomic E-state index is 12.6. The van der Waals surface area contributed by atoms with Crippen LogP contribution in [-0.4, -0.2) is 36.0 Å². The minimum atomic E-state index is -1.01. The first-order valence-corrected chi connectivity index (χ1v) is 7.81. The predicted octanol–water partition coefficient (Wildman–Crippen LogP) is 1.25. The fraction of sp³-hybridized carbons (Fsp3) is 0.412. The van der Waals surface area contributed by atoms with E-state index in [0.717, 1.165) is 5.56 Å². The quantitative estimate of drug-likeness (QED) is 0.807. The van der Waals surface area contributed by atoms with E-state index in [1.54, 1.807) is 18.2 Å². The molecule has 126 valence electrons. The molecule has 2 N–H and O–H groups in total. The van der Waals surface area contributed by atoms with Crippen molar-refractivity contribution in [3.8, 4) is 11.5 Å². The Kier molecular flexibility index (Phi) is 3.45. The van der Waals surface area contributed by atoms with Gasteiger partial charge in [0.05, 0.1) is 24.2 Å². The molecule has 1 fully saturated rings. The summed E-state index contributed by atoms with van der Waals surface area (Å²) in [5, 5.41) is 12.3. The number of carbonyl (C=O) groups excluding carboxylic acids is 1. The Balaban J connectivity index is 1.49. The van der Waals surface area contributed by atoms with E-state index >= 15 is 0 Å². The van der Waals surface area contributed by atoms with Gasteiger partial charge in [-0.15, -0.1) is 0 Å². The smallest absolute Gasteiger partial charge is 0.310 e. The van der Waals surface area contributed by atoms with E-state index in [4.69, 9.17) is 14.2 Å². The van der Waals surface area contributed by atoms with Gasteiger partial charge >= 0.3 is 5.97 Å². The van der Waals surface area contributed by atoms with Crippen molar-refractivity contribution in [2.24, 2.45) is 11.8 Å². The third-order valence-corrected chi connectivity index (χ3v) is 4.74. The van der Waals surface area contributed by atoms with Gasteiger partial charge in [-0.1, -0.05) is 18.2 Å². The highest BCUT2D eigenvalue weighted by molar-refractivity contribution is 5.87. The summed E-state index contributed by atoms with van der Waals surface area (Å²) in [7, 11) is 0. The molecule has 2 bridgehead atoms. The number of amides is 1. The zero-order valence-electron chi connectivity index (χ0n) is 13.0. The number of benzene rings is 1. The highest BCUT2D eigenvalue weighted by Crippen LogP contribution is 2.40. The second kappa shape index (κ2) is 5.52. The van der Waals surface area contributed by atoms with Crippen molar-refractivity contribution < 1.29 is 28.9 Å². The van der Waals surface area contributed by atoms with Crippen molar-refractivity contribution in [3.05, 3.63) is 35.9 Å². The van der Waals surface area contributed by atoms with Crippen LogP contribution in [0.15, 0.2) is 30.4 Å². The van der Waals surface area contributed by atoms with Crippen LogP contribution >= 0.6 is 0 Å². The molecule has 0 saturated carbocycles. The van der Waals surface area contributed by atoms with Crippen molar-refractivity contribution in [2.45, 2.75) is 25.2 Å². The standard InChI is InChI=1S/C17H17NO6/c1-8(9-2-3-10-13(6-9)23-7-22-10)18-16(19)14-11-4-5-12(24-11)15(14)17(20)21/h2-6,8,11-12,14-15H,7H2,1H3,(H,18,19)(H,20,21)/t8-,11+,12+,14-,15+/m1/s1. The zero-order valence-corrected chi connectivity index (χ0v) is 13.0. The summed E-state index contributed by atoms with van der Waals surface area (Å²) >= 11 is 0. The summed E-state index contributed by atoms with van der Waals surface area (Å²) in [5.74, 6) is -1.57. The summed E-state index contributed by atoms with van der Waals surface area (Å²) in [6.07, 6.45) is 2.48. The van der Waals surface area contributed by atoms with Gasteiger partial charge < -0.3 is 24.6 Å². The van der Waals surface area contributed by atoms with Crippen LogP contribution in [-0.2, 0) is 14.3 Å². The first kappa shape index (κ1) is 15.0. The number of carboxylic acid groups (broad SMARTS) is 1. The summed E-state index contributed by atoms with van der Waals surface area (Å²) in [4.78, 5) is 24.1. The van der Waals surface area contributed by atoms with Crippen molar-refractivity contribution in [1.82, 2.24) is 5.32 Å². The van der Waals surface area contributed by atoms with Crippen LogP contribution in [0.3, 0.4) is 0 Å². The number of aliphatic carboxylic acids is 1. The van der Waals surface area contributed by atoms with E-state index in [1.807, 2.05) is 19.1 Å². The largest absolute Gasteiger partial charge is 0.481 e. The van der Waals surface area contributed by atoms with Crippen molar-refractivity contribution in [3.63, 3.8) is 0 Å². The lowest BCUT2D eigenvalue weighted by molar-refractivity contribution is -0.146. The molecule has 0 aliphatic carbocycles. The van der Waals surface area contributed by atoms with Gasteiger partial charge in [0.1, 0.15) is 5.92 Å². The molecule has 5 atom stereocenters. The second-order valence-electron chi connectivity index (χ2n) is 6.18. The average Bonchev–Trinajstić information content (AvgIpc) is 3.28. The number of carbonyl (C=O) groups is 2. The minimum Gasteiger partial charge on any atom is -0.481 e. The molecule has 24 heavy (non-hydrogen) atoms. The molecule has 7 nitrogen and oxygen atoms in total. The topological polar surface area (TPSA) is 94.1 Å². The molecule has 3 heterocycles. The predicted molar refractivity (Wildman–Crippen MR) is 81.5 cm³/mol. The first-order valence-electron chi connectivity index (χ1n) is 7.81. The third-order valence-electron chi connectivity index (χ3n) is 4.74. The molecular formula is C17H17NO6. The molecule has 0 unspecified atom stereocenters. The molecule has 7 heteroatoms. The molecule has 0 aromatic heterocycles. The van der Waals surface area contributed by atoms with E-state index in [1.165, 1.54) is 0 Å². The first-order chi connectivity index (χ1) is 11.5. The number of hydrogen-bond acceptors (Lipinski definition) is 5. The van der Waals surface area contributed by atoms with Gasteiger partial charge in [0, 0.05) is 0 Å². The lowest BCUT2D eigenvalue weighted by Gasteiger charge is -2.23. The number of nitrogens with one attached hydrogen (secondary N) is 1. The van der Waals surface area contributed by atoms with Gasteiger partial charge in [0.15, 0.2) is 11.5 Å². The molecule has 3 aliphatic rings. The monoisotopic (exact) mass is 331 g/mol. The molecule has 4 rings (SSSR count). The summed E-state index contributed by atoms with van der Waals surface area (Å²) in [6, 6.07) is 5.18. The molecule has 0 spiro atoms. The van der Waals surface area contributed by atoms with Gasteiger partial charge in [0.2, 0.25) is 12.7 Å². The number of hydrogen-bond donors (Lipinski definition) is 2. The Hall–Kier alpha value is -2.54. The van der Waals surface area contributed by atoms with Gasteiger partial charge in [-0.3, -0.25) is 9.59 Å². The van der Waals surface area contributed by atoms with Crippen LogP contribution in [0, 0.1) is 11.8 Å². The lowest BCUT2D eigenvalue weighted by atomic mass is 9.82. The average molecular weight is 331 g/mol. The maximum Gasteiger partial charge on any atom is 0.310 e. The van der Waals surface area contributed by atoms with Crippen molar-refractivity contribution in [2.75, 3.05) is 6.79 Å². The fourth-order valence-electron chi connectivity index (χ4n) is 3.49. The summed E-state index contributed by atoms with van der Waals surface area (Å²) < 4.78 is 16.1. The minimum absolute atomic E-state index is 0.189. The maximum atomic E-state index is 12.6. The SMILES string of the molecule is C[C@@H](NC(=O)[C@H]1[C@@H](C(=O)O)[C@@H]2C=C[C@@H]1O2)c1ccc2c(c1)OCO2. The van der Waals surface area contributed by atoms with Crippen LogP contribution < -0.4 is 14.8 Å². The number of fused-ring (bicyclic) bond motifs is 3. The van der Waals surface area contributed by atoms with Crippen LogP contribution in [0.4, 0.5) is 0 Å². The van der Waals surface area contributed by atoms with Crippen LogP contribution in [0.2, 0.25) is 0 Å². The molecule has 1 aromatic carbocycles. The molecular weight excluding hydrogens is 314 g/mol. The van der Waals surface area contributed by atoms with Crippen LogP contribution in [0.25, 0.3) is 0 Å². The summed E-state index contributed by atoms with van der Waals surface area (Å²) in [6.45, 7) is 2.03. The highest BCUT2D eigenvalue weighted by Gasteiger charge is 2.53. The van der Waals surface area contributed by atoms with Crippen LogP contribution in [0.1, 0.15) is 18.5 Å². The highest BCUT2D eigenvalue weighted by atomic mass is 16.7. The Bertz CT molecular complexity index is 730. The number of rotatable bonds is 4. The van der Waals surface area contributed by atoms with E-state index in [0.29, 0.717) is 11.5 Å². The van der Waals surface area contributed by atoms with E-state index in [-0.39, 0.29) is 18.7 Å². The van der Waals surface area contributed by atoms with Gasteiger partial charge in [0.25, 0.3) is 0 Å². The Morgan fingerprint density at radius 1 is 1.17 bits per heavy atom. The van der Waals surface area contributed by atoms with Crippen molar-refractivity contribution >= 4 is 11.9 Å². The molecule has 1 saturated heterocycles. The molecule has 0 radical (unpaired) electrons. The number of ether oxygens (including phenoxy) is 3. The van der Waals surface area contributed by atoms with Crippen LogP contribution in [0.5, 0.6) is 11.5 Å². The number of carboxylic acids is 1. The Morgan fingerprint density at radius 3 is 2.62 bits per heavy atom. The molecule has 3 aliphatic heterocycles. The van der Waals surface area contributed by atoms with E-state index < -0.39 is 30.0 Å². The van der Waals surface area contributed by atoms with Gasteiger partial charge in [-0.25, -0.2) is 0 Å². The summed E-state index contributed by atoms with van der Waals surface area (Å²) in [5.41, 5.74) is 0.860. The fourth-order valence-corrected chi connectivity index (χ4v) is 3.49. The second-order valence-corrected chi connectivity index (χ2v) is 6.18. The van der Waals surface area contributed by atoms with Gasteiger partial charge in [-0.05, 0) is 24.6 Å². The van der Waals surface area contributed by atoms with Crippen molar-refractivity contribution in [1.29, 1.82) is 0 Å².